The minimum absolute atomic E-state index is 0.0400. The van der Waals surface area contributed by atoms with Crippen molar-refractivity contribution in [3.8, 4) is 0 Å². The number of aliphatic hydroxyl groups excluding tert-OH is 1. The Balaban J connectivity index is 1.71. The predicted octanol–water partition coefficient (Wildman–Crippen LogP) is 4.60. The summed E-state index contributed by atoms with van der Waals surface area (Å²) in [7, 11) is 1.58. The summed E-state index contributed by atoms with van der Waals surface area (Å²) in [6.07, 6.45) is 3.66. The smallest absolute Gasteiger partial charge is 0.344 e. The molecule has 0 aliphatic carbocycles. The van der Waals surface area contributed by atoms with Crippen LogP contribution in [0, 0.1) is 0 Å². The predicted molar refractivity (Wildman–Crippen MR) is 142 cm³/mol. The van der Waals surface area contributed by atoms with Gasteiger partial charge in [0.25, 0.3) is 0 Å². The zero-order valence-electron chi connectivity index (χ0n) is 20.1. The number of amides is 1. The molecule has 1 aliphatic heterocycles. The molecule has 9 heteroatoms. The quantitative estimate of drug-likeness (QED) is 0.326. The number of hydrogen-bond acceptors (Lipinski definition) is 7. The normalized spacial score (nSPS) is 15.7. The molecule has 1 aliphatic rings. The molecule has 0 radical (unpaired) electrons. The molecule has 2 N–H and O–H groups in total. The third-order valence-electron chi connectivity index (χ3n) is 5.41. The van der Waals surface area contributed by atoms with Gasteiger partial charge in [0.1, 0.15) is 22.9 Å². The average Bonchev–Trinajstić information content (AvgIpc) is 3.37. The second-order valence-corrected chi connectivity index (χ2v) is 8.91. The van der Waals surface area contributed by atoms with Crippen molar-refractivity contribution in [2.75, 3.05) is 26.9 Å². The van der Waals surface area contributed by atoms with Crippen LogP contribution in [0.4, 0.5) is 5.69 Å². The summed E-state index contributed by atoms with van der Waals surface area (Å²) in [5.74, 6) is -0.940. The topological polar surface area (TPSA) is 102 Å². The van der Waals surface area contributed by atoms with Gasteiger partial charge in [0.05, 0.1) is 23.8 Å². The molecule has 0 unspecified atom stereocenters. The molecule has 0 saturated carbocycles. The lowest BCUT2D eigenvalue weighted by Crippen LogP contribution is -2.30. The van der Waals surface area contributed by atoms with E-state index in [-0.39, 0.29) is 30.4 Å². The number of carbonyl (C=O) groups excluding carboxylic acids is 2. The van der Waals surface area contributed by atoms with Gasteiger partial charge >= 0.3 is 5.97 Å². The number of hydrogen-bond donors (Lipinski definition) is 2. The van der Waals surface area contributed by atoms with Gasteiger partial charge in [-0.05, 0) is 31.2 Å². The van der Waals surface area contributed by atoms with E-state index >= 15 is 0 Å². The number of benzene rings is 2. The first-order valence-electron chi connectivity index (χ1n) is 11.5. The molecule has 8 nitrogen and oxygen atoms in total. The van der Waals surface area contributed by atoms with Crippen LogP contribution in [0.2, 0.25) is 0 Å². The zero-order chi connectivity index (χ0) is 25.5. The number of esters is 1. The van der Waals surface area contributed by atoms with Crippen molar-refractivity contribution in [3.63, 3.8) is 0 Å². The Kier molecular flexibility index (Phi) is 8.24. The van der Waals surface area contributed by atoms with E-state index in [1.165, 1.54) is 11.8 Å². The molecule has 0 atom stereocenters. The summed E-state index contributed by atoms with van der Waals surface area (Å²) in [4.78, 5) is 30.1. The number of aliphatic imine (C=N–C) groups is 1. The second kappa shape index (κ2) is 11.7. The van der Waals surface area contributed by atoms with Crippen molar-refractivity contribution in [1.29, 1.82) is 0 Å². The van der Waals surface area contributed by atoms with Crippen LogP contribution in [-0.2, 0) is 25.6 Å². The Morgan fingerprint density at radius 2 is 1.89 bits per heavy atom. The number of carbonyl (C=O) groups is 2. The largest absolute Gasteiger partial charge is 0.506 e. The summed E-state index contributed by atoms with van der Waals surface area (Å²) >= 11 is 1.20. The van der Waals surface area contributed by atoms with Crippen LogP contribution in [0.3, 0.4) is 0 Å². The van der Waals surface area contributed by atoms with Crippen LogP contribution in [0.25, 0.3) is 17.0 Å². The van der Waals surface area contributed by atoms with Crippen molar-refractivity contribution in [2.45, 2.75) is 13.5 Å². The van der Waals surface area contributed by atoms with Crippen molar-refractivity contribution < 1.29 is 24.2 Å². The van der Waals surface area contributed by atoms with Crippen LogP contribution in [0.5, 0.6) is 0 Å². The number of rotatable bonds is 9. The first-order chi connectivity index (χ1) is 17.5. The van der Waals surface area contributed by atoms with E-state index in [0.29, 0.717) is 28.8 Å². The monoisotopic (exact) mass is 505 g/mol. The van der Waals surface area contributed by atoms with E-state index in [1.807, 2.05) is 65.4 Å². The van der Waals surface area contributed by atoms with E-state index in [9.17, 15) is 14.7 Å². The fourth-order valence-electron chi connectivity index (χ4n) is 3.78. The molecular formula is C27H27N3O5S. The van der Waals surface area contributed by atoms with Gasteiger partial charge in [-0.15, -0.1) is 0 Å². The summed E-state index contributed by atoms with van der Waals surface area (Å²) in [6.45, 7) is 2.90. The molecule has 0 fully saturated rings. The number of aromatic nitrogens is 1. The summed E-state index contributed by atoms with van der Waals surface area (Å²) < 4.78 is 12.0. The molecule has 36 heavy (non-hydrogen) atoms. The van der Waals surface area contributed by atoms with Gasteiger partial charge in [-0.25, -0.2) is 9.79 Å². The maximum atomic E-state index is 12.7. The Bertz CT molecular complexity index is 1360. The average molecular weight is 506 g/mol. The van der Waals surface area contributed by atoms with Gasteiger partial charge in [-0.1, -0.05) is 48.2 Å². The molecule has 186 valence electrons. The maximum absolute atomic E-state index is 12.7. The lowest BCUT2D eigenvalue weighted by atomic mass is 10.1. The van der Waals surface area contributed by atoms with Crippen molar-refractivity contribution in [1.82, 2.24) is 9.88 Å². The van der Waals surface area contributed by atoms with Gasteiger partial charge in [0.15, 0.2) is 0 Å². The van der Waals surface area contributed by atoms with Crippen molar-refractivity contribution in [2.24, 2.45) is 4.99 Å². The highest BCUT2D eigenvalue weighted by Crippen LogP contribution is 2.41. The Morgan fingerprint density at radius 1 is 1.14 bits per heavy atom. The first-order valence-corrected chi connectivity index (χ1v) is 12.3. The van der Waals surface area contributed by atoms with Crippen molar-refractivity contribution >= 4 is 51.3 Å². The molecule has 2 heterocycles. The van der Waals surface area contributed by atoms with Crippen LogP contribution < -0.4 is 5.32 Å². The van der Waals surface area contributed by atoms with Gasteiger partial charge in [0, 0.05) is 36.3 Å². The number of nitrogens with one attached hydrogen (secondary N) is 1. The lowest BCUT2D eigenvalue weighted by molar-refractivity contribution is -0.138. The number of aliphatic hydroxyl groups is 1. The lowest BCUT2D eigenvalue weighted by Gasteiger charge is -2.06. The van der Waals surface area contributed by atoms with Crippen LogP contribution >= 0.6 is 11.8 Å². The molecular weight excluding hydrogens is 478 g/mol. The molecule has 0 spiro atoms. The third-order valence-corrected chi connectivity index (χ3v) is 6.43. The van der Waals surface area contributed by atoms with E-state index < -0.39 is 5.97 Å². The Morgan fingerprint density at radius 3 is 2.64 bits per heavy atom. The number of nitrogens with zero attached hydrogens (tertiary/aromatic N) is 2. The van der Waals surface area contributed by atoms with E-state index in [0.717, 1.165) is 16.5 Å². The minimum Gasteiger partial charge on any atom is -0.506 e. The third kappa shape index (κ3) is 5.69. The fourth-order valence-corrected chi connectivity index (χ4v) is 4.80. The zero-order valence-corrected chi connectivity index (χ0v) is 20.9. The molecule has 4 rings (SSSR count). The molecule has 1 aromatic heterocycles. The molecule has 0 saturated heterocycles. The fraction of sp³-hybridized carbons (Fsp3) is 0.222. The van der Waals surface area contributed by atoms with E-state index in [1.54, 1.807) is 20.1 Å². The summed E-state index contributed by atoms with van der Waals surface area (Å²) in [5, 5.41) is 15.1. The number of methoxy groups -OCH3 is 1. The van der Waals surface area contributed by atoms with Crippen molar-refractivity contribution in [3.05, 3.63) is 82.6 Å². The van der Waals surface area contributed by atoms with Gasteiger partial charge in [-0.2, -0.15) is 0 Å². The molecule has 3 aromatic rings. The number of fused-ring (bicyclic) bond motifs is 1. The SMILES string of the molecule is CCOC(=O)C1=C(O)/C(=C/c2cn(CC(=O)NCCOC)c3ccccc23)SC1=Nc1ccccc1. The minimum atomic E-state index is -0.629. The molecule has 0 bridgehead atoms. The maximum Gasteiger partial charge on any atom is 0.344 e. The van der Waals surface area contributed by atoms with Crippen LogP contribution in [0.1, 0.15) is 12.5 Å². The standard InChI is InChI=1S/C27H27N3O5S/c1-3-35-27(33)24-25(32)22(36-26(24)29-19-9-5-4-6-10-19)15-18-16-30(17-23(31)28-13-14-34-2)21-12-8-7-11-20(18)21/h4-12,15-16,32H,3,13-14,17H2,1-2H3,(H,28,31)/b22-15-,29-26?. The van der Waals surface area contributed by atoms with E-state index in [4.69, 9.17) is 9.47 Å². The summed E-state index contributed by atoms with van der Waals surface area (Å²) in [5.41, 5.74) is 2.38. The Labute approximate surface area is 213 Å². The second-order valence-electron chi connectivity index (χ2n) is 7.88. The summed E-state index contributed by atoms with van der Waals surface area (Å²) in [6, 6.07) is 16.9. The van der Waals surface area contributed by atoms with Gasteiger partial charge in [-0.3, -0.25) is 4.79 Å². The van der Waals surface area contributed by atoms with E-state index in [2.05, 4.69) is 10.3 Å². The molecule has 2 aromatic carbocycles. The molecule has 1 amide bonds. The highest BCUT2D eigenvalue weighted by molar-refractivity contribution is 8.18. The number of ether oxygens (including phenoxy) is 2. The van der Waals surface area contributed by atoms with Crippen LogP contribution in [-0.4, -0.2) is 53.5 Å². The number of para-hydroxylation sites is 2. The highest BCUT2D eigenvalue weighted by atomic mass is 32.2. The Hall–Kier alpha value is -3.82. The van der Waals surface area contributed by atoms with Gasteiger partial charge < -0.3 is 24.5 Å². The number of thioether (sulfide) groups is 1. The highest BCUT2D eigenvalue weighted by Gasteiger charge is 2.33. The van der Waals surface area contributed by atoms with Crippen LogP contribution in [0.15, 0.2) is 82.0 Å². The van der Waals surface area contributed by atoms with Gasteiger partial charge in [0.2, 0.25) is 5.91 Å². The first kappa shape index (κ1) is 25.3.